The molecular formula is C14H8BrF2IN2S. The normalized spacial score (nSPS) is 11.3. The van der Waals surface area contributed by atoms with Crippen LogP contribution < -0.4 is 0 Å². The third-order valence-corrected chi connectivity index (χ3v) is 4.92. The van der Waals surface area contributed by atoms with E-state index in [0.29, 0.717) is 29.6 Å². The van der Waals surface area contributed by atoms with Crippen LogP contribution in [0.15, 0.2) is 28.7 Å². The summed E-state index contributed by atoms with van der Waals surface area (Å²) in [4.78, 5) is 3.05. The number of halogens is 4. The van der Waals surface area contributed by atoms with Crippen molar-refractivity contribution in [2.45, 2.75) is 6.92 Å². The quantitative estimate of drug-likeness (QED) is 0.353. The second-order valence-electron chi connectivity index (χ2n) is 4.60. The minimum absolute atomic E-state index is 0.315. The van der Waals surface area contributed by atoms with Gasteiger partial charge in [-0.15, -0.1) is 0 Å². The van der Waals surface area contributed by atoms with Crippen LogP contribution in [0, 0.1) is 26.9 Å². The lowest BCUT2D eigenvalue weighted by Crippen LogP contribution is -1.99. The Morgan fingerprint density at radius 2 is 1.90 bits per heavy atom. The van der Waals surface area contributed by atoms with Crippen molar-refractivity contribution in [1.29, 1.82) is 0 Å². The van der Waals surface area contributed by atoms with Gasteiger partial charge in [0.2, 0.25) is 0 Å². The van der Waals surface area contributed by atoms with E-state index in [4.69, 9.17) is 12.2 Å². The van der Waals surface area contributed by atoms with Gasteiger partial charge in [0.15, 0.2) is 4.77 Å². The van der Waals surface area contributed by atoms with Crippen molar-refractivity contribution in [3.63, 3.8) is 0 Å². The van der Waals surface area contributed by atoms with Crippen molar-refractivity contribution in [3.05, 3.63) is 54.3 Å². The minimum atomic E-state index is -0.344. The standard InChI is InChI=1S/C14H8BrF2IN2S/c1-6-2-8(16)7(15)3-12(6)20-13-4-9(17)10(18)5-11(13)19-14(20)21/h2-5H,1H3,(H,19,21). The van der Waals surface area contributed by atoms with Gasteiger partial charge < -0.3 is 4.98 Å². The summed E-state index contributed by atoms with van der Waals surface area (Å²) in [7, 11) is 0. The Morgan fingerprint density at radius 3 is 2.62 bits per heavy atom. The summed E-state index contributed by atoms with van der Waals surface area (Å²) < 4.78 is 30.4. The molecule has 1 heterocycles. The second kappa shape index (κ2) is 5.44. The van der Waals surface area contributed by atoms with E-state index in [9.17, 15) is 8.78 Å². The van der Waals surface area contributed by atoms with Crippen molar-refractivity contribution in [2.24, 2.45) is 0 Å². The van der Waals surface area contributed by atoms with Gasteiger partial charge in [0, 0.05) is 6.07 Å². The van der Waals surface area contributed by atoms with E-state index in [1.807, 2.05) is 22.6 Å². The van der Waals surface area contributed by atoms with Gasteiger partial charge in [-0.1, -0.05) is 0 Å². The van der Waals surface area contributed by atoms with E-state index in [-0.39, 0.29) is 11.6 Å². The zero-order chi connectivity index (χ0) is 15.3. The molecule has 0 aliphatic carbocycles. The fraction of sp³-hybridized carbons (Fsp3) is 0.0714. The lowest BCUT2D eigenvalue weighted by molar-refractivity contribution is 0.618. The molecule has 0 unspecified atom stereocenters. The van der Waals surface area contributed by atoms with Crippen molar-refractivity contribution in [1.82, 2.24) is 9.55 Å². The Bertz CT molecular complexity index is 933. The Labute approximate surface area is 146 Å². The number of hydrogen-bond acceptors (Lipinski definition) is 1. The number of imidazole rings is 1. The van der Waals surface area contributed by atoms with Crippen LogP contribution >= 0.6 is 50.7 Å². The van der Waals surface area contributed by atoms with Crippen molar-refractivity contribution >= 4 is 61.8 Å². The highest BCUT2D eigenvalue weighted by Crippen LogP contribution is 2.28. The van der Waals surface area contributed by atoms with Crippen molar-refractivity contribution in [3.8, 4) is 5.69 Å². The Hall–Kier alpha value is -0.800. The maximum absolute atomic E-state index is 13.9. The smallest absolute Gasteiger partial charge is 0.182 e. The van der Waals surface area contributed by atoms with E-state index in [1.165, 1.54) is 12.1 Å². The van der Waals surface area contributed by atoms with Gasteiger partial charge in [0.1, 0.15) is 11.6 Å². The zero-order valence-electron chi connectivity index (χ0n) is 10.7. The minimum Gasteiger partial charge on any atom is -0.330 e. The third-order valence-electron chi connectivity index (χ3n) is 3.20. The van der Waals surface area contributed by atoms with E-state index in [1.54, 1.807) is 23.6 Å². The van der Waals surface area contributed by atoms with E-state index < -0.39 is 0 Å². The molecule has 3 aromatic rings. The summed E-state index contributed by atoms with van der Waals surface area (Å²) in [5, 5.41) is 0. The van der Waals surface area contributed by atoms with Gasteiger partial charge in [-0.3, -0.25) is 4.57 Å². The molecular weight excluding hydrogens is 473 g/mol. The van der Waals surface area contributed by atoms with Crippen LogP contribution in [0.5, 0.6) is 0 Å². The highest BCUT2D eigenvalue weighted by molar-refractivity contribution is 14.1. The predicted molar refractivity (Wildman–Crippen MR) is 93.5 cm³/mol. The summed E-state index contributed by atoms with van der Waals surface area (Å²) in [5.41, 5.74) is 2.79. The Balaban J connectivity index is 2.40. The number of H-pyrrole nitrogens is 1. The predicted octanol–water partition coefficient (Wildman–Crippen LogP) is 5.64. The van der Waals surface area contributed by atoms with Crippen LogP contribution in [0.1, 0.15) is 5.56 Å². The molecule has 0 aliphatic rings. The maximum Gasteiger partial charge on any atom is 0.182 e. The zero-order valence-corrected chi connectivity index (χ0v) is 15.2. The molecule has 0 amide bonds. The fourth-order valence-corrected chi connectivity index (χ4v) is 3.32. The Kier molecular flexibility index (Phi) is 3.91. The molecule has 0 fully saturated rings. The number of aromatic amines is 1. The third kappa shape index (κ3) is 2.55. The van der Waals surface area contributed by atoms with Crippen LogP contribution in [-0.2, 0) is 0 Å². The summed E-state index contributed by atoms with van der Waals surface area (Å²) in [6.07, 6.45) is 0. The molecule has 0 bridgehead atoms. The summed E-state index contributed by atoms with van der Waals surface area (Å²) in [6, 6.07) is 6.19. The summed E-state index contributed by atoms with van der Waals surface area (Å²) in [6.45, 7) is 1.79. The molecule has 2 aromatic carbocycles. The van der Waals surface area contributed by atoms with E-state index in [0.717, 1.165) is 5.52 Å². The number of benzene rings is 2. The van der Waals surface area contributed by atoms with Gasteiger partial charge >= 0.3 is 0 Å². The number of aromatic nitrogens is 2. The number of fused-ring (bicyclic) bond motifs is 1. The second-order valence-corrected chi connectivity index (χ2v) is 7.01. The number of hydrogen-bond donors (Lipinski definition) is 1. The van der Waals surface area contributed by atoms with Crippen LogP contribution in [0.3, 0.4) is 0 Å². The van der Waals surface area contributed by atoms with Crippen molar-refractivity contribution < 1.29 is 8.78 Å². The first-order valence-electron chi connectivity index (χ1n) is 5.94. The molecule has 1 aromatic heterocycles. The lowest BCUT2D eigenvalue weighted by Gasteiger charge is -2.10. The van der Waals surface area contributed by atoms with Crippen LogP contribution in [-0.4, -0.2) is 9.55 Å². The number of nitrogens with one attached hydrogen (secondary N) is 1. The first-order valence-corrected chi connectivity index (χ1v) is 8.22. The monoisotopic (exact) mass is 480 g/mol. The summed E-state index contributed by atoms with van der Waals surface area (Å²) >= 11 is 10.4. The first kappa shape index (κ1) is 15.1. The molecule has 0 atom stereocenters. The molecule has 0 saturated carbocycles. The van der Waals surface area contributed by atoms with E-state index >= 15 is 0 Å². The SMILES string of the molecule is Cc1cc(F)c(Br)cc1-n1c(=S)[nH]c2cc(I)c(F)cc21. The highest BCUT2D eigenvalue weighted by Gasteiger charge is 2.13. The molecule has 0 saturated heterocycles. The molecule has 2 nitrogen and oxygen atoms in total. The molecule has 1 N–H and O–H groups in total. The van der Waals surface area contributed by atoms with Crippen LogP contribution in [0.2, 0.25) is 0 Å². The lowest BCUT2D eigenvalue weighted by atomic mass is 10.2. The highest BCUT2D eigenvalue weighted by atomic mass is 127. The number of aryl methyl sites for hydroxylation is 1. The van der Waals surface area contributed by atoms with Crippen LogP contribution in [0.4, 0.5) is 8.78 Å². The van der Waals surface area contributed by atoms with Gasteiger partial charge in [-0.2, -0.15) is 0 Å². The molecule has 0 spiro atoms. The van der Waals surface area contributed by atoms with E-state index in [2.05, 4.69) is 20.9 Å². The molecule has 108 valence electrons. The molecule has 0 aliphatic heterocycles. The molecule has 7 heteroatoms. The first-order chi connectivity index (χ1) is 9.88. The maximum atomic E-state index is 13.9. The van der Waals surface area contributed by atoms with Gasteiger partial charge in [0.05, 0.1) is 24.8 Å². The molecule has 21 heavy (non-hydrogen) atoms. The molecule has 3 rings (SSSR count). The van der Waals surface area contributed by atoms with Gasteiger partial charge in [0.25, 0.3) is 0 Å². The summed E-state index contributed by atoms with van der Waals surface area (Å²) in [5.74, 6) is -0.659. The van der Waals surface area contributed by atoms with Crippen molar-refractivity contribution in [2.75, 3.05) is 0 Å². The average Bonchev–Trinajstić information content (AvgIpc) is 2.70. The van der Waals surface area contributed by atoms with Gasteiger partial charge in [-0.05, 0) is 81.4 Å². The topological polar surface area (TPSA) is 20.7 Å². The largest absolute Gasteiger partial charge is 0.330 e. The van der Waals surface area contributed by atoms with Crippen LogP contribution in [0.25, 0.3) is 16.7 Å². The average molecular weight is 481 g/mol. The number of rotatable bonds is 1. The molecule has 0 radical (unpaired) electrons. The fourth-order valence-electron chi connectivity index (χ4n) is 2.22. The van der Waals surface area contributed by atoms with Gasteiger partial charge in [-0.25, -0.2) is 8.78 Å². The number of nitrogens with zero attached hydrogens (tertiary/aromatic N) is 1. The Morgan fingerprint density at radius 1 is 1.19 bits per heavy atom.